The van der Waals surface area contributed by atoms with Crippen LogP contribution >= 0.6 is 0 Å². The fourth-order valence-corrected chi connectivity index (χ4v) is 1.22. The second kappa shape index (κ2) is 2.62. The lowest BCUT2D eigenvalue weighted by Gasteiger charge is -2.14. The van der Waals surface area contributed by atoms with Crippen molar-refractivity contribution < 1.29 is 4.79 Å². The van der Waals surface area contributed by atoms with Crippen LogP contribution in [0.3, 0.4) is 0 Å². The first-order valence-electron chi connectivity index (χ1n) is 4.53. The molecule has 2 amide bonds. The normalized spacial score (nSPS) is 24.8. The molecule has 0 aliphatic heterocycles. The van der Waals surface area contributed by atoms with Gasteiger partial charge < -0.3 is 16.4 Å². The van der Waals surface area contributed by atoms with Crippen molar-refractivity contribution in [3.63, 3.8) is 0 Å². The molecule has 0 atom stereocenters. The highest BCUT2D eigenvalue weighted by Crippen LogP contribution is 2.33. The van der Waals surface area contributed by atoms with Gasteiger partial charge >= 0.3 is 6.03 Å². The molecule has 0 aromatic rings. The quantitative estimate of drug-likeness (QED) is 0.554. The van der Waals surface area contributed by atoms with Gasteiger partial charge in [0, 0.05) is 12.6 Å². The van der Waals surface area contributed by atoms with E-state index in [9.17, 15) is 4.79 Å². The standard InChI is InChI=1S/C8H15N3O/c9-5-8(3-4-8)11-7(12)10-6-1-2-6/h6H,1-5,9H2,(H2,10,11,12). The first kappa shape index (κ1) is 7.86. The number of hydrogen-bond donors (Lipinski definition) is 3. The average Bonchev–Trinajstić information content (AvgIpc) is 2.86. The van der Waals surface area contributed by atoms with Crippen molar-refractivity contribution in [1.82, 2.24) is 10.6 Å². The number of nitrogens with one attached hydrogen (secondary N) is 2. The van der Waals surface area contributed by atoms with Gasteiger partial charge in [-0.1, -0.05) is 0 Å². The van der Waals surface area contributed by atoms with E-state index >= 15 is 0 Å². The minimum atomic E-state index is -0.0566. The molecule has 12 heavy (non-hydrogen) atoms. The maximum atomic E-state index is 11.2. The molecule has 0 aromatic heterocycles. The molecule has 4 heteroatoms. The molecule has 2 rings (SSSR count). The molecule has 0 spiro atoms. The molecule has 2 aliphatic carbocycles. The predicted molar refractivity (Wildman–Crippen MR) is 45.7 cm³/mol. The SMILES string of the molecule is NCC1(NC(=O)NC2CC2)CC1. The number of amides is 2. The Morgan fingerprint density at radius 1 is 1.50 bits per heavy atom. The Morgan fingerprint density at radius 2 is 2.17 bits per heavy atom. The first-order valence-corrected chi connectivity index (χ1v) is 4.53. The van der Waals surface area contributed by atoms with Crippen LogP contribution in [0, 0.1) is 0 Å². The number of carbonyl (C=O) groups excluding carboxylic acids is 1. The third-order valence-corrected chi connectivity index (χ3v) is 2.54. The van der Waals surface area contributed by atoms with Crippen molar-refractivity contribution in [3.8, 4) is 0 Å². The average molecular weight is 169 g/mol. The summed E-state index contributed by atoms with van der Waals surface area (Å²) in [6, 6.07) is 0.388. The Labute approximate surface area is 71.9 Å². The summed E-state index contributed by atoms with van der Waals surface area (Å²) in [7, 11) is 0. The molecular formula is C8H15N3O. The lowest BCUT2D eigenvalue weighted by atomic mass is 10.3. The van der Waals surface area contributed by atoms with E-state index in [0.29, 0.717) is 12.6 Å². The van der Waals surface area contributed by atoms with Gasteiger partial charge in [-0.25, -0.2) is 4.79 Å². The molecule has 68 valence electrons. The van der Waals surface area contributed by atoms with Gasteiger partial charge in [0.2, 0.25) is 0 Å². The highest BCUT2D eigenvalue weighted by Gasteiger charge is 2.43. The van der Waals surface area contributed by atoms with Gasteiger partial charge in [-0.15, -0.1) is 0 Å². The van der Waals surface area contributed by atoms with Crippen molar-refractivity contribution in [2.75, 3.05) is 6.54 Å². The molecule has 0 aromatic carbocycles. The van der Waals surface area contributed by atoms with E-state index in [2.05, 4.69) is 10.6 Å². The summed E-state index contributed by atoms with van der Waals surface area (Å²) in [5.41, 5.74) is 5.46. The van der Waals surface area contributed by atoms with Crippen LogP contribution in [-0.4, -0.2) is 24.2 Å². The largest absolute Gasteiger partial charge is 0.335 e. The van der Waals surface area contributed by atoms with E-state index in [1.54, 1.807) is 0 Å². The summed E-state index contributed by atoms with van der Waals surface area (Å²) in [6.45, 7) is 0.561. The topological polar surface area (TPSA) is 67.1 Å². The van der Waals surface area contributed by atoms with Gasteiger partial charge in [-0.05, 0) is 25.7 Å². The molecule has 0 heterocycles. The minimum Gasteiger partial charge on any atom is -0.335 e. The van der Waals surface area contributed by atoms with Crippen LogP contribution < -0.4 is 16.4 Å². The second-order valence-electron chi connectivity index (χ2n) is 3.86. The van der Waals surface area contributed by atoms with Crippen LogP contribution in [0.5, 0.6) is 0 Å². The van der Waals surface area contributed by atoms with Gasteiger partial charge in [-0.2, -0.15) is 0 Å². The van der Waals surface area contributed by atoms with Gasteiger partial charge in [0.25, 0.3) is 0 Å². The summed E-state index contributed by atoms with van der Waals surface area (Å²) < 4.78 is 0. The third kappa shape index (κ3) is 1.69. The second-order valence-corrected chi connectivity index (χ2v) is 3.86. The van der Waals surface area contributed by atoms with Gasteiger partial charge in [-0.3, -0.25) is 0 Å². The van der Waals surface area contributed by atoms with E-state index in [4.69, 9.17) is 5.73 Å². The molecule has 0 saturated heterocycles. The Morgan fingerprint density at radius 3 is 2.58 bits per heavy atom. The Bertz CT molecular complexity index is 196. The molecular weight excluding hydrogens is 154 g/mol. The molecule has 4 N–H and O–H groups in total. The molecule has 0 unspecified atom stereocenters. The van der Waals surface area contributed by atoms with Crippen molar-refractivity contribution in [2.45, 2.75) is 37.3 Å². The first-order chi connectivity index (χ1) is 5.74. The highest BCUT2D eigenvalue weighted by atomic mass is 16.2. The monoisotopic (exact) mass is 169 g/mol. The molecule has 0 radical (unpaired) electrons. The minimum absolute atomic E-state index is 0.0412. The Hall–Kier alpha value is -0.770. The fourth-order valence-electron chi connectivity index (χ4n) is 1.22. The van der Waals surface area contributed by atoms with E-state index in [1.165, 1.54) is 0 Å². The zero-order valence-electron chi connectivity index (χ0n) is 7.10. The number of nitrogens with two attached hydrogens (primary N) is 1. The Balaban J connectivity index is 1.74. The summed E-state index contributed by atoms with van der Waals surface area (Å²) in [5, 5.41) is 5.79. The van der Waals surface area contributed by atoms with E-state index in [-0.39, 0.29) is 11.6 Å². The van der Waals surface area contributed by atoms with Crippen LogP contribution in [0.15, 0.2) is 0 Å². The summed E-state index contributed by atoms with van der Waals surface area (Å²) >= 11 is 0. The van der Waals surface area contributed by atoms with E-state index < -0.39 is 0 Å². The lowest BCUT2D eigenvalue weighted by Crippen LogP contribution is -2.47. The number of hydrogen-bond acceptors (Lipinski definition) is 2. The number of carbonyl (C=O) groups is 1. The van der Waals surface area contributed by atoms with Gasteiger partial charge in [0.15, 0.2) is 0 Å². The summed E-state index contributed by atoms with van der Waals surface area (Å²) in [6.07, 6.45) is 4.31. The highest BCUT2D eigenvalue weighted by molar-refractivity contribution is 5.76. The van der Waals surface area contributed by atoms with Crippen LogP contribution in [0.25, 0.3) is 0 Å². The maximum absolute atomic E-state index is 11.2. The van der Waals surface area contributed by atoms with Crippen LogP contribution in [0.2, 0.25) is 0 Å². The maximum Gasteiger partial charge on any atom is 0.315 e. The van der Waals surface area contributed by atoms with E-state index in [1.807, 2.05) is 0 Å². The molecule has 2 fully saturated rings. The van der Waals surface area contributed by atoms with Crippen LogP contribution in [0.4, 0.5) is 4.79 Å². The van der Waals surface area contributed by atoms with E-state index in [0.717, 1.165) is 25.7 Å². The van der Waals surface area contributed by atoms with Crippen molar-refractivity contribution >= 4 is 6.03 Å². The van der Waals surface area contributed by atoms with Crippen molar-refractivity contribution in [3.05, 3.63) is 0 Å². The molecule has 2 aliphatic rings. The predicted octanol–water partition coefficient (Wildman–Crippen LogP) is -0.0607. The number of rotatable bonds is 3. The van der Waals surface area contributed by atoms with Crippen molar-refractivity contribution in [1.29, 1.82) is 0 Å². The lowest BCUT2D eigenvalue weighted by molar-refractivity contribution is 0.235. The molecule has 0 bridgehead atoms. The van der Waals surface area contributed by atoms with Crippen molar-refractivity contribution in [2.24, 2.45) is 5.73 Å². The molecule has 4 nitrogen and oxygen atoms in total. The number of urea groups is 1. The molecule has 2 saturated carbocycles. The van der Waals surface area contributed by atoms with Gasteiger partial charge in [0.1, 0.15) is 0 Å². The summed E-state index contributed by atoms with van der Waals surface area (Å²) in [5.74, 6) is 0. The van der Waals surface area contributed by atoms with Gasteiger partial charge in [0.05, 0.1) is 5.54 Å². The zero-order valence-corrected chi connectivity index (χ0v) is 7.10. The Kier molecular flexibility index (Phi) is 1.72. The third-order valence-electron chi connectivity index (χ3n) is 2.54. The van der Waals surface area contributed by atoms with Crippen LogP contribution in [-0.2, 0) is 0 Å². The zero-order chi connectivity index (χ0) is 8.60. The van der Waals surface area contributed by atoms with Crippen LogP contribution in [0.1, 0.15) is 25.7 Å². The smallest absolute Gasteiger partial charge is 0.315 e. The summed E-state index contributed by atoms with van der Waals surface area (Å²) in [4.78, 5) is 11.2. The fraction of sp³-hybridized carbons (Fsp3) is 0.875.